The van der Waals surface area contributed by atoms with Gasteiger partial charge in [-0.05, 0) is 6.07 Å². The highest BCUT2D eigenvalue weighted by atomic mass is 16.4. The summed E-state index contributed by atoms with van der Waals surface area (Å²) in [5, 5.41) is 23.5. The third-order valence-electron chi connectivity index (χ3n) is 2.16. The summed E-state index contributed by atoms with van der Waals surface area (Å²) in [6.07, 6.45) is 0. The van der Waals surface area contributed by atoms with Crippen molar-refractivity contribution in [3.63, 3.8) is 0 Å². The van der Waals surface area contributed by atoms with Crippen molar-refractivity contribution in [2.24, 2.45) is 5.16 Å². The maximum Gasteiger partial charge on any atom is 0.337 e. The van der Waals surface area contributed by atoms with Crippen LogP contribution in [0.25, 0.3) is 0 Å². The van der Waals surface area contributed by atoms with Crippen molar-refractivity contribution in [2.45, 2.75) is 0 Å². The van der Waals surface area contributed by atoms with Crippen molar-refractivity contribution >= 4 is 17.4 Å². The Labute approximate surface area is 79.7 Å². The summed E-state index contributed by atoms with van der Waals surface area (Å²) in [4.78, 5) is 10.8. The monoisotopic (exact) mass is 192 g/mol. The van der Waals surface area contributed by atoms with Crippen molar-refractivity contribution in [1.29, 1.82) is 0 Å². The average Bonchev–Trinajstić information content (AvgIpc) is 2.59. The molecule has 1 aliphatic rings. The first-order chi connectivity index (χ1) is 6.74. The van der Waals surface area contributed by atoms with Crippen LogP contribution >= 0.6 is 0 Å². The van der Waals surface area contributed by atoms with Gasteiger partial charge in [0.2, 0.25) is 0 Å². The van der Waals surface area contributed by atoms with E-state index in [0.717, 1.165) is 0 Å². The van der Waals surface area contributed by atoms with Gasteiger partial charge in [0, 0.05) is 5.56 Å². The minimum Gasteiger partial charge on any atom is -0.478 e. The van der Waals surface area contributed by atoms with Crippen molar-refractivity contribution in [2.75, 3.05) is 11.9 Å². The number of carboxylic acid groups (broad SMARTS) is 1. The smallest absolute Gasteiger partial charge is 0.337 e. The first kappa shape index (κ1) is 8.55. The number of hydrogen-bond acceptors (Lipinski definition) is 4. The van der Waals surface area contributed by atoms with Gasteiger partial charge in [0.05, 0.1) is 17.8 Å². The lowest BCUT2D eigenvalue weighted by Crippen LogP contribution is -2.03. The van der Waals surface area contributed by atoms with E-state index < -0.39 is 5.97 Å². The van der Waals surface area contributed by atoms with Gasteiger partial charge < -0.3 is 15.6 Å². The molecule has 0 fully saturated rings. The number of benzene rings is 1. The highest BCUT2D eigenvalue weighted by molar-refractivity contribution is 6.14. The molecule has 1 aromatic carbocycles. The molecule has 1 aromatic rings. The van der Waals surface area contributed by atoms with Crippen LogP contribution in [-0.4, -0.2) is 28.5 Å². The van der Waals surface area contributed by atoms with E-state index in [9.17, 15) is 4.79 Å². The second-order valence-corrected chi connectivity index (χ2v) is 2.93. The molecular formula is C9H8N2O3. The summed E-state index contributed by atoms with van der Waals surface area (Å²) in [6.45, 7) is 0.357. The van der Waals surface area contributed by atoms with Crippen LogP contribution in [0.3, 0.4) is 0 Å². The normalized spacial score (nSPS) is 16.4. The number of hydrogen-bond donors (Lipinski definition) is 3. The zero-order chi connectivity index (χ0) is 10.1. The van der Waals surface area contributed by atoms with E-state index in [0.29, 0.717) is 23.5 Å². The number of para-hydroxylation sites is 1. The topological polar surface area (TPSA) is 81.9 Å². The van der Waals surface area contributed by atoms with E-state index in [-0.39, 0.29) is 5.56 Å². The van der Waals surface area contributed by atoms with Crippen LogP contribution in [0.2, 0.25) is 0 Å². The van der Waals surface area contributed by atoms with Gasteiger partial charge in [-0.1, -0.05) is 17.3 Å². The lowest BCUT2D eigenvalue weighted by atomic mass is 10.1. The Morgan fingerprint density at radius 1 is 1.50 bits per heavy atom. The molecular weight excluding hydrogens is 184 g/mol. The SMILES string of the molecule is O=C(O)c1cccc2c1NC/C2=N/O. The fourth-order valence-corrected chi connectivity index (χ4v) is 1.52. The second kappa shape index (κ2) is 3.02. The van der Waals surface area contributed by atoms with Gasteiger partial charge >= 0.3 is 5.97 Å². The van der Waals surface area contributed by atoms with Gasteiger partial charge in [-0.25, -0.2) is 4.79 Å². The zero-order valence-corrected chi connectivity index (χ0v) is 7.19. The molecule has 0 amide bonds. The molecule has 5 nitrogen and oxygen atoms in total. The summed E-state index contributed by atoms with van der Waals surface area (Å²) in [7, 11) is 0. The summed E-state index contributed by atoms with van der Waals surface area (Å²) >= 11 is 0. The summed E-state index contributed by atoms with van der Waals surface area (Å²) in [5.41, 5.74) is 1.82. The van der Waals surface area contributed by atoms with Crippen LogP contribution in [0, 0.1) is 0 Å². The molecule has 0 saturated heterocycles. The predicted molar refractivity (Wildman–Crippen MR) is 50.2 cm³/mol. The lowest BCUT2D eigenvalue weighted by molar-refractivity contribution is 0.0698. The molecule has 5 heteroatoms. The molecule has 3 N–H and O–H groups in total. The fourth-order valence-electron chi connectivity index (χ4n) is 1.52. The van der Waals surface area contributed by atoms with Crippen molar-refractivity contribution in [3.8, 4) is 0 Å². The summed E-state index contributed by atoms with van der Waals surface area (Å²) in [6, 6.07) is 4.85. The van der Waals surface area contributed by atoms with Crippen LogP contribution in [0.4, 0.5) is 5.69 Å². The largest absolute Gasteiger partial charge is 0.478 e. The van der Waals surface area contributed by atoms with Crippen molar-refractivity contribution < 1.29 is 15.1 Å². The van der Waals surface area contributed by atoms with E-state index in [1.165, 1.54) is 6.07 Å². The standard InChI is InChI=1S/C9H8N2O3/c12-9(13)6-3-1-2-5-7(11-14)4-10-8(5)6/h1-3,10,14H,4H2,(H,12,13)/b11-7-. The number of oxime groups is 1. The van der Waals surface area contributed by atoms with Gasteiger partial charge in [0.25, 0.3) is 0 Å². The third-order valence-corrected chi connectivity index (χ3v) is 2.16. The van der Waals surface area contributed by atoms with E-state index in [2.05, 4.69) is 10.5 Å². The first-order valence-electron chi connectivity index (χ1n) is 4.05. The maximum atomic E-state index is 10.8. The predicted octanol–water partition coefficient (Wildman–Crippen LogP) is 0.989. The molecule has 0 aliphatic carbocycles. The van der Waals surface area contributed by atoms with E-state index in [4.69, 9.17) is 10.3 Å². The van der Waals surface area contributed by atoms with E-state index in [1.54, 1.807) is 12.1 Å². The van der Waals surface area contributed by atoms with Crippen LogP contribution < -0.4 is 5.32 Å². The molecule has 72 valence electrons. The molecule has 0 saturated carbocycles. The van der Waals surface area contributed by atoms with Crippen molar-refractivity contribution in [3.05, 3.63) is 29.3 Å². The molecule has 0 atom stereocenters. The highest BCUT2D eigenvalue weighted by Gasteiger charge is 2.22. The van der Waals surface area contributed by atoms with Gasteiger partial charge in [0.1, 0.15) is 5.71 Å². The Kier molecular flexibility index (Phi) is 1.85. The maximum absolute atomic E-state index is 10.8. The number of aromatic carboxylic acids is 1. The lowest BCUT2D eigenvalue weighted by Gasteiger charge is -2.02. The number of rotatable bonds is 1. The minimum atomic E-state index is -0.992. The molecule has 0 radical (unpaired) electrons. The van der Waals surface area contributed by atoms with Crippen LogP contribution in [-0.2, 0) is 0 Å². The number of anilines is 1. The molecule has 0 unspecified atom stereocenters. The van der Waals surface area contributed by atoms with E-state index in [1.807, 2.05) is 0 Å². The van der Waals surface area contributed by atoms with Crippen LogP contribution in [0.5, 0.6) is 0 Å². The molecule has 1 heterocycles. The minimum absolute atomic E-state index is 0.196. The number of carbonyl (C=O) groups is 1. The van der Waals surface area contributed by atoms with Crippen LogP contribution in [0.15, 0.2) is 23.4 Å². The quantitative estimate of drug-likeness (QED) is 0.457. The number of carboxylic acids is 1. The Bertz CT molecular complexity index is 426. The second-order valence-electron chi connectivity index (χ2n) is 2.93. The number of fused-ring (bicyclic) bond motifs is 1. The highest BCUT2D eigenvalue weighted by Crippen LogP contribution is 2.26. The van der Waals surface area contributed by atoms with Crippen LogP contribution in [0.1, 0.15) is 15.9 Å². The van der Waals surface area contributed by atoms with Gasteiger partial charge in [0.15, 0.2) is 0 Å². The molecule has 14 heavy (non-hydrogen) atoms. The zero-order valence-electron chi connectivity index (χ0n) is 7.19. The Morgan fingerprint density at radius 2 is 2.29 bits per heavy atom. The van der Waals surface area contributed by atoms with Gasteiger partial charge in [-0.15, -0.1) is 0 Å². The molecule has 0 spiro atoms. The summed E-state index contributed by atoms with van der Waals surface area (Å²) < 4.78 is 0. The summed E-state index contributed by atoms with van der Waals surface area (Å²) in [5.74, 6) is -0.992. The first-order valence-corrected chi connectivity index (χ1v) is 4.05. The number of nitrogens with one attached hydrogen (secondary N) is 1. The van der Waals surface area contributed by atoms with Gasteiger partial charge in [-0.2, -0.15) is 0 Å². The average molecular weight is 192 g/mol. The third kappa shape index (κ3) is 1.10. The van der Waals surface area contributed by atoms with Crippen molar-refractivity contribution in [1.82, 2.24) is 0 Å². The molecule has 0 bridgehead atoms. The molecule has 0 aromatic heterocycles. The van der Waals surface area contributed by atoms with E-state index >= 15 is 0 Å². The Hall–Kier alpha value is -2.04. The number of nitrogens with zero attached hydrogens (tertiary/aromatic N) is 1. The Morgan fingerprint density at radius 3 is 2.93 bits per heavy atom. The van der Waals surface area contributed by atoms with Gasteiger partial charge in [-0.3, -0.25) is 0 Å². The Balaban J connectivity index is 2.61. The fraction of sp³-hybridized carbons (Fsp3) is 0.111. The molecule has 1 aliphatic heterocycles. The molecule has 2 rings (SSSR count).